The number of nitrogens with zero attached hydrogens (tertiary/aromatic N) is 1. The molecule has 0 unspecified atom stereocenters. The summed E-state index contributed by atoms with van der Waals surface area (Å²) in [5, 5.41) is 0. The van der Waals surface area contributed by atoms with Gasteiger partial charge < -0.3 is 4.90 Å². The van der Waals surface area contributed by atoms with Crippen molar-refractivity contribution < 1.29 is 30.0 Å². The molecule has 1 aliphatic heterocycles. The lowest BCUT2D eigenvalue weighted by atomic mass is 9.87. The smallest absolute Gasteiger partial charge is 0.371 e. The Labute approximate surface area is 227 Å². The highest BCUT2D eigenvalue weighted by atomic mass is 32.2. The maximum atomic E-state index is 13.8. The second kappa shape index (κ2) is 10.6. The maximum Gasteiger partial charge on any atom is 0.417 e. The third-order valence-electron chi connectivity index (χ3n) is 6.83. The van der Waals surface area contributed by atoms with Gasteiger partial charge in [0.25, 0.3) is 0 Å². The Bertz CT molecular complexity index is 1520. The molecule has 0 aliphatic carbocycles. The predicted molar refractivity (Wildman–Crippen MR) is 144 cm³/mol. The van der Waals surface area contributed by atoms with Crippen molar-refractivity contribution >= 4 is 25.5 Å². The van der Waals surface area contributed by atoms with Crippen molar-refractivity contribution in [1.29, 1.82) is 0 Å². The van der Waals surface area contributed by atoms with Gasteiger partial charge in [-0.15, -0.1) is 0 Å². The van der Waals surface area contributed by atoms with Crippen LogP contribution in [0.4, 0.5) is 18.9 Å². The molecule has 3 aromatic rings. The molecular formula is C28H31F3N2O4S2. The molecule has 0 saturated carbocycles. The number of anilines is 1. The molecular weight excluding hydrogens is 549 g/mol. The van der Waals surface area contributed by atoms with Crippen LogP contribution in [0.25, 0.3) is 0 Å². The zero-order valence-electron chi connectivity index (χ0n) is 21.9. The molecule has 1 saturated heterocycles. The Morgan fingerprint density at radius 2 is 1.38 bits per heavy atom. The molecule has 1 heterocycles. The molecule has 11 heteroatoms. The minimum Gasteiger partial charge on any atom is -0.371 e. The molecule has 0 aromatic heterocycles. The third-order valence-corrected chi connectivity index (χ3v) is 10.2. The fourth-order valence-corrected chi connectivity index (χ4v) is 7.51. The van der Waals surface area contributed by atoms with Crippen molar-refractivity contribution in [2.75, 3.05) is 18.0 Å². The number of benzene rings is 3. The van der Waals surface area contributed by atoms with E-state index in [1.165, 1.54) is 29.8 Å². The van der Waals surface area contributed by atoms with Crippen LogP contribution < -0.4 is 9.62 Å². The minimum absolute atomic E-state index is 0.0107. The molecule has 1 N–H and O–H groups in total. The molecule has 6 nitrogen and oxygen atoms in total. The number of sulfone groups is 1. The molecule has 1 fully saturated rings. The molecule has 0 amide bonds. The quantitative estimate of drug-likeness (QED) is 0.400. The molecule has 0 atom stereocenters. The van der Waals surface area contributed by atoms with Gasteiger partial charge in [-0.05, 0) is 66.3 Å². The second-order valence-corrected chi connectivity index (χ2v) is 14.3. The van der Waals surface area contributed by atoms with Gasteiger partial charge >= 0.3 is 6.18 Å². The fourth-order valence-electron chi connectivity index (χ4n) is 4.57. The number of sulfonamides is 1. The maximum absolute atomic E-state index is 13.8. The monoisotopic (exact) mass is 580 g/mol. The van der Waals surface area contributed by atoms with E-state index in [1.54, 1.807) is 6.07 Å². The summed E-state index contributed by atoms with van der Waals surface area (Å²) < 4.78 is 96.3. The van der Waals surface area contributed by atoms with Crippen molar-refractivity contribution in [2.45, 2.75) is 65.9 Å². The Balaban J connectivity index is 1.56. The zero-order valence-corrected chi connectivity index (χ0v) is 23.5. The Kier molecular flexibility index (Phi) is 7.90. The van der Waals surface area contributed by atoms with Crippen LogP contribution in [0.2, 0.25) is 0 Å². The van der Waals surface area contributed by atoms with E-state index in [4.69, 9.17) is 0 Å². The van der Waals surface area contributed by atoms with E-state index in [0.29, 0.717) is 38.1 Å². The molecule has 0 radical (unpaired) electrons. The molecule has 0 bridgehead atoms. The summed E-state index contributed by atoms with van der Waals surface area (Å²) in [6, 6.07) is 16.6. The number of nitrogens with one attached hydrogen (secondary N) is 1. The largest absolute Gasteiger partial charge is 0.417 e. The Morgan fingerprint density at radius 1 is 0.795 bits per heavy atom. The first-order valence-corrected chi connectivity index (χ1v) is 15.4. The highest BCUT2D eigenvalue weighted by molar-refractivity contribution is 7.91. The lowest BCUT2D eigenvalue weighted by molar-refractivity contribution is -0.139. The van der Waals surface area contributed by atoms with Crippen molar-refractivity contribution in [3.8, 4) is 0 Å². The van der Waals surface area contributed by atoms with Gasteiger partial charge in [0.1, 0.15) is 0 Å². The SMILES string of the molecule is CC(C)(C)c1ccc(N2CCC(NS(=O)(=O)c3cc(S(=O)(=O)c4ccccc4)ccc3C(F)(F)F)CC2)cc1. The van der Waals surface area contributed by atoms with Crippen LogP contribution in [0.15, 0.2) is 87.5 Å². The van der Waals surface area contributed by atoms with Crippen LogP contribution in [0.3, 0.4) is 0 Å². The van der Waals surface area contributed by atoms with E-state index in [-0.39, 0.29) is 10.3 Å². The van der Waals surface area contributed by atoms with Crippen molar-refractivity contribution in [3.63, 3.8) is 0 Å². The van der Waals surface area contributed by atoms with Gasteiger partial charge in [-0.3, -0.25) is 0 Å². The van der Waals surface area contributed by atoms with Crippen LogP contribution in [0.5, 0.6) is 0 Å². The van der Waals surface area contributed by atoms with Crippen LogP contribution in [0, 0.1) is 0 Å². The van der Waals surface area contributed by atoms with Crippen molar-refractivity contribution in [1.82, 2.24) is 4.72 Å². The number of halogens is 3. The van der Waals surface area contributed by atoms with E-state index in [9.17, 15) is 30.0 Å². The second-order valence-electron chi connectivity index (χ2n) is 10.7. The van der Waals surface area contributed by atoms with Gasteiger partial charge in [0, 0.05) is 24.8 Å². The predicted octanol–water partition coefficient (Wildman–Crippen LogP) is 5.78. The van der Waals surface area contributed by atoms with Gasteiger partial charge in [-0.2, -0.15) is 13.2 Å². The first kappa shape index (κ1) is 29.1. The zero-order chi connectivity index (χ0) is 28.6. The van der Waals surface area contributed by atoms with E-state index in [1.807, 2.05) is 12.1 Å². The van der Waals surface area contributed by atoms with Gasteiger partial charge in [0.2, 0.25) is 19.9 Å². The first-order chi connectivity index (χ1) is 18.1. The molecule has 1 aliphatic rings. The topological polar surface area (TPSA) is 83.6 Å². The summed E-state index contributed by atoms with van der Waals surface area (Å²) in [5.41, 5.74) is 0.767. The normalized spacial score (nSPS) is 15.9. The standard InChI is InChI=1S/C28H31F3N2O4S2/c1-27(2,3)20-9-11-22(12-10-20)33-17-15-21(16-18-33)32-39(36,37)26-19-24(13-14-25(26)28(29,30)31)38(34,35)23-7-5-4-6-8-23/h4-14,19,21,32H,15-18H2,1-3H3. The summed E-state index contributed by atoms with van der Waals surface area (Å²) in [4.78, 5) is 0.317. The number of hydrogen-bond acceptors (Lipinski definition) is 5. The van der Waals surface area contributed by atoms with E-state index in [2.05, 4.69) is 42.5 Å². The van der Waals surface area contributed by atoms with Gasteiger partial charge in [-0.25, -0.2) is 21.6 Å². The van der Waals surface area contributed by atoms with Gasteiger partial charge in [0.15, 0.2) is 0 Å². The van der Waals surface area contributed by atoms with Crippen molar-refractivity contribution in [2.24, 2.45) is 0 Å². The number of hydrogen-bond donors (Lipinski definition) is 1. The highest BCUT2D eigenvalue weighted by Crippen LogP contribution is 2.37. The minimum atomic E-state index is -5.00. The number of rotatable bonds is 6. The Morgan fingerprint density at radius 3 is 1.92 bits per heavy atom. The molecule has 4 rings (SSSR count). The first-order valence-electron chi connectivity index (χ1n) is 12.5. The van der Waals surface area contributed by atoms with E-state index >= 15 is 0 Å². The lowest BCUT2D eigenvalue weighted by Gasteiger charge is -2.34. The summed E-state index contributed by atoms with van der Waals surface area (Å²) in [6.45, 7) is 7.39. The van der Waals surface area contributed by atoms with Crippen LogP contribution in [-0.4, -0.2) is 36.0 Å². The summed E-state index contributed by atoms with van der Waals surface area (Å²) >= 11 is 0. The van der Waals surface area contributed by atoms with Crippen LogP contribution in [0.1, 0.15) is 44.7 Å². The third kappa shape index (κ3) is 6.47. The molecule has 3 aromatic carbocycles. The summed E-state index contributed by atoms with van der Waals surface area (Å²) in [6.07, 6.45) is -4.24. The van der Waals surface area contributed by atoms with E-state index in [0.717, 1.165) is 11.8 Å². The van der Waals surface area contributed by atoms with Gasteiger partial charge in [0.05, 0.1) is 20.2 Å². The Hall–Kier alpha value is -2.89. The van der Waals surface area contributed by atoms with Crippen molar-refractivity contribution in [3.05, 3.63) is 83.9 Å². The molecule has 210 valence electrons. The van der Waals surface area contributed by atoms with Crippen LogP contribution >= 0.6 is 0 Å². The highest BCUT2D eigenvalue weighted by Gasteiger charge is 2.39. The van der Waals surface area contributed by atoms with Gasteiger partial charge in [-0.1, -0.05) is 51.1 Å². The summed E-state index contributed by atoms with van der Waals surface area (Å²) in [7, 11) is -8.93. The average Bonchev–Trinajstić information content (AvgIpc) is 2.88. The molecule has 0 spiro atoms. The fraction of sp³-hybridized carbons (Fsp3) is 0.357. The number of piperidine rings is 1. The average molecular weight is 581 g/mol. The molecule has 39 heavy (non-hydrogen) atoms. The number of alkyl halides is 3. The van der Waals surface area contributed by atoms with E-state index < -0.39 is 47.4 Å². The summed E-state index contributed by atoms with van der Waals surface area (Å²) in [5.74, 6) is 0. The van der Waals surface area contributed by atoms with Crippen LogP contribution in [-0.2, 0) is 31.5 Å². The lowest BCUT2D eigenvalue weighted by Crippen LogP contribution is -2.45.